The predicted octanol–water partition coefficient (Wildman–Crippen LogP) is 0.711. The summed E-state index contributed by atoms with van der Waals surface area (Å²) >= 11 is 0. The molecule has 6 heteroatoms. The number of aliphatic hydroxyl groups is 1. The summed E-state index contributed by atoms with van der Waals surface area (Å²) in [7, 11) is 1.79. The van der Waals surface area contributed by atoms with E-state index in [4.69, 9.17) is 5.11 Å². The molecule has 0 saturated carbocycles. The lowest BCUT2D eigenvalue weighted by atomic mass is 10.2. The molecule has 2 aromatic rings. The fourth-order valence-corrected chi connectivity index (χ4v) is 1.91. The van der Waals surface area contributed by atoms with Gasteiger partial charge in [-0.3, -0.25) is 9.48 Å². The van der Waals surface area contributed by atoms with Crippen LogP contribution in [0, 0.1) is 0 Å². The largest absolute Gasteiger partial charge is 0.394 e. The van der Waals surface area contributed by atoms with Crippen LogP contribution in [0.3, 0.4) is 0 Å². The Bertz CT molecular complexity index is 541. The lowest BCUT2D eigenvalue weighted by Gasteiger charge is -2.14. The van der Waals surface area contributed by atoms with E-state index < -0.39 is 0 Å². The van der Waals surface area contributed by atoms with E-state index in [1.54, 1.807) is 11.7 Å². The predicted molar refractivity (Wildman–Crippen MR) is 71.2 cm³/mol. The molecule has 2 heterocycles. The number of hydrogen-bond acceptors (Lipinski definition) is 3. The van der Waals surface area contributed by atoms with Crippen LogP contribution in [0.4, 0.5) is 0 Å². The van der Waals surface area contributed by atoms with Crippen molar-refractivity contribution in [3.05, 3.63) is 36.3 Å². The molecule has 2 aromatic heterocycles. The fourth-order valence-electron chi connectivity index (χ4n) is 1.91. The summed E-state index contributed by atoms with van der Waals surface area (Å²) < 4.78 is 3.48. The first kappa shape index (κ1) is 13.4. The molecule has 0 aromatic carbocycles. The van der Waals surface area contributed by atoms with Crippen LogP contribution in [0.1, 0.15) is 23.7 Å². The Kier molecular flexibility index (Phi) is 4.01. The average Bonchev–Trinajstić information content (AvgIpc) is 3.04. The van der Waals surface area contributed by atoms with Crippen LogP contribution in [0.25, 0.3) is 5.82 Å². The first-order valence-corrected chi connectivity index (χ1v) is 6.24. The second kappa shape index (κ2) is 5.71. The van der Waals surface area contributed by atoms with Gasteiger partial charge in [0.25, 0.3) is 5.91 Å². The van der Waals surface area contributed by atoms with Crippen molar-refractivity contribution in [1.29, 1.82) is 0 Å². The SMILES string of the molecule is CCC(CO)NC(=O)c1cnn(C)c1-n1cccc1. The zero-order valence-electron chi connectivity index (χ0n) is 11.1. The molecule has 0 spiro atoms. The van der Waals surface area contributed by atoms with Gasteiger partial charge < -0.3 is 15.0 Å². The zero-order valence-corrected chi connectivity index (χ0v) is 11.1. The molecule has 0 bridgehead atoms. The average molecular weight is 262 g/mol. The Morgan fingerprint density at radius 2 is 2.16 bits per heavy atom. The van der Waals surface area contributed by atoms with Gasteiger partial charge in [0.05, 0.1) is 18.8 Å². The minimum absolute atomic E-state index is 0.0681. The molecular weight excluding hydrogens is 244 g/mol. The minimum Gasteiger partial charge on any atom is -0.394 e. The molecule has 0 aliphatic rings. The first-order valence-electron chi connectivity index (χ1n) is 6.24. The molecule has 1 amide bonds. The molecule has 0 aliphatic carbocycles. The number of nitrogens with one attached hydrogen (secondary N) is 1. The van der Waals surface area contributed by atoms with Gasteiger partial charge in [0.1, 0.15) is 11.4 Å². The Labute approximate surface area is 111 Å². The van der Waals surface area contributed by atoms with Gasteiger partial charge in [-0.15, -0.1) is 0 Å². The van der Waals surface area contributed by atoms with Gasteiger partial charge in [0.15, 0.2) is 0 Å². The minimum atomic E-state index is -0.231. The van der Waals surface area contributed by atoms with E-state index in [0.717, 1.165) is 0 Å². The number of rotatable bonds is 5. The van der Waals surface area contributed by atoms with Crippen LogP contribution in [0.2, 0.25) is 0 Å². The van der Waals surface area contributed by atoms with Gasteiger partial charge in [0, 0.05) is 19.4 Å². The maximum Gasteiger partial charge on any atom is 0.256 e. The van der Waals surface area contributed by atoms with Crippen LogP contribution < -0.4 is 5.32 Å². The molecule has 1 atom stereocenters. The van der Waals surface area contributed by atoms with E-state index in [-0.39, 0.29) is 18.6 Å². The Balaban J connectivity index is 2.28. The van der Waals surface area contributed by atoms with Crippen LogP contribution in [-0.2, 0) is 7.05 Å². The molecule has 0 radical (unpaired) electrons. The van der Waals surface area contributed by atoms with Crippen molar-refractivity contribution in [2.24, 2.45) is 7.05 Å². The summed E-state index contributed by atoms with van der Waals surface area (Å²) in [6.07, 6.45) is 5.93. The lowest BCUT2D eigenvalue weighted by molar-refractivity contribution is 0.0915. The third-order valence-corrected chi connectivity index (χ3v) is 3.05. The Morgan fingerprint density at radius 1 is 1.47 bits per heavy atom. The molecule has 0 fully saturated rings. The smallest absolute Gasteiger partial charge is 0.256 e. The van der Waals surface area contributed by atoms with Gasteiger partial charge in [-0.2, -0.15) is 5.10 Å². The molecule has 0 saturated heterocycles. The number of amides is 1. The normalized spacial score (nSPS) is 12.4. The van der Waals surface area contributed by atoms with Gasteiger partial charge in [-0.1, -0.05) is 6.92 Å². The number of aromatic nitrogens is 3. The summed E-state index contributed by atoms with van der Waals surface area (Å²) in [5.74, 6) is 0.480. The molecule has 0 aliphatic heterocycles. The van der Waals surface area contributed by atoms with E-state index in [1.807, 2.05) is 36.0 Å². The number of carbonyl (C=O) groups is 1. The third-order valence-electron chi connectivity index (χ3n) is 3.05. The van der Waals surface area contributed by atoms with Gasteiger partial charge in [0.2, 0.25) is 0 Å². The topological polar surface area (TPSA) is 72.1 Å². The maximum atomic E-state index is 12.2. The summed E-state index contributed by atoms with van der Waals surface area (Å²) in [6, 6.07) is 3.54. The Morgan fingerprint density at radius 3 is 2.74 bits per heavy atom. The summed E-state index contributed by atoms with van der Waals surface area (Å²) in [5.41, 5.74) is 0.491. The van der Waals surface area contributed by atoms with Gasteiger partial charge >= 0.3 is 0 Å². The van der Waals surface area contributed by atoms with Crippen molar-refractivity contribution in [3.63, 3.8) is 0 Å². The highest BCUT2D eigenvalue weighted by atomic mass is 16.3. The molecular formula is C13H18N4O2. The van der Waals surface area contributed by atoms with Gasteiger partial charge in [-0.05, 0) is 18.6 Å². The lowest BCUT2D eigenvalue weighted by Crippen LogP contribution is -2.37. The zero-order chi connectivity index (χ0) is 13.8. The second-order valence-electron chi connectivity index (χ2n) is 4.36. The highest BCUT2D eigenvalue weighted by Gasteiger charge is 2.19. The van der Waals surface area contributed by atoms with Crippen LogP contribution in [0.15, 0.2) is 30.7 Å². The summed E-state index contributed by atoms with van der Waals surface area (Å²) in [6.45, 7) is 1.85. The summed E-state index contributed by atoms with van der Waals surface area (Å²) in [4.78, 5) is 12.2. The number of carbonyl (C=O) groups excluding carboxylic acids is 1. The van der Waals surface area contributed by atoms with Crippen LogP contribution >= 0.6 is 0 Å². The van der Waals surface area contributed by atoms with Crippen molar-refractivity contribution < 1.29 is 9.90 Å². The van der Waals surface area contributed by atoms with E-state index in [0.29, 0.717) is 17.8 Å². The number of hydrogen-bond donors (Lipinski definition) is 2. The van der Waals surface area contributed by atoms with Gasteiger partial charge in [-0.25, -0.2) is 0 Å². The van der Waals surface area contributed by atoms with Crippen molar-refractivity contribution in [1.82, 2.24) is 19.7 Å². The number of nitrogens with zero attached hydrogens (tertiary/aromatic N) is 3. The monoisotopic (exact) mass is 262 g/mol. The molecule has 2 rings (SSSR count). The maximum absolute atomic E-state index is 12.2. The number of aliphatic hydroxyl groups excluding tert-OH is 1. The first-order chi connectivity index (χ1) is 9.17. The summed E-state index contributed by atoms with van der Waals surface area (Å²) in [5, 5.41) is 16.1. The van der Waals surface area contributed by atoms with Crippen molar-refractivity contribution in [2.45, 2.75) is 19.4 Å². The molecule has 2 N–H and O–H groups in total. The van der Waals surface area contributed by atoms with E-state index in [9.17, 15) is 4.79 Å². The van der Waals surface area contributed by atoms with Crippen LogP contribution in [0.5, 0.6) is 0 Å². The molecule has 1 unspecified atom stereocenters. The second-order valence-corrected chi connectivity index (χ2v) is 4.36. The fraction of sp³-hybridized carbons (Fsp3) is 0.385. The van der Waals surface area contributed by atoms with Crippen molar-refractivity contribution >= 4 is 5.91 Å². The third kappa shape index (κ3) is 2.68. The quantitative estimate of drug-likeness (QED) is 0.833. The Hall–Kier alpha value is -2.08. The van der Waals surface area contributed by atoms with E-state index in [2.05, 4.69) is 10.4 Å². The number of aryl methyl sites for hydroxylation is 1. The van der Waals surface area contributed by atoms with Crippen molar-refractivity contribution in [2.75, 3.05) is 6.61 Å². The van der Waals surface area contributed by atoms with E-state index in [1.165, 1.54) is 6.20 Å². The van der Waals surface area contributed by atoms with Crippen LogP contribution in [-0.4, -0.2) is 38.0 Å². The van der Waals surface area contributed by atoms with Crippen molar-refractivity contribution in [3.8, 4) is 5.82 Å². The van der Waals surface area contributed by atoms with E-state index >= 15 is 0 Å². The molecule has 19 heavy (non-hydrogen) atoms. The molecule has 102 valence electrons. The highest BCUT2D eigenvalue weighted by molar-refractivity contribution is 5.97. The standard InChI is InChI=1S/C13H18N4O2/c1-3-10(9-18)15-12(19)11-8-14-16(2)13(11)17-6-4-5-7-17/h4-8,10,18H,3,9H2,1-2H3,(H,15,19). The highest BCUT2D eigenvalue weighted by Crippen LogP contribution is 2.14. The molecule has 6 nitrogen and oxygen atoms in total.